The lowest BCUT2D eigenvalue weighted by molar-refractivity contribution is 0.0725. The lowest BCUT2D eigenvalue weighted by Crippen LogP contribution is -2.37. The number of aromatic nitrogens is 1. The molecule has 0 saturated carbocycles. The predicted octanol–water partition coefficient (Wildman–Crippen LogP) is 2.51. The van der Waals surface area contributed by atoms with Crippen LogP contribution in [-0.4, -0.2) is 60.2 Å². The molecule has 2 aromatic rings. The summed E-state index contributed by atoms with van der Waals surface area (Å²) in [6.45, 7) is 1.03. The zero-order valence-corrected chi connectivity index (χ0v) is 16.9. The van der Waals surface area contributed by atoms with E-state index < -0.39 is 10.0 Å². The number of H-pyrrole nitrogens is 1. The number of carbonyl (C=O) groups excluding carboxylic acids is 1. The Morgan fingerprint density at radius 1 is 1.26 bits per heavy atom. The van der Waals surface area contributed by atoms with Crippen LogP contribution in [0.1, 0.15) is 34.1 Å². The third-order valence-electron chi connectivity index (χ3n) is 5.38. The number of sulfonamides is 1. The van der Waals surface area contributed by atoms with Crippen LogP contribution in [0.3, 0.4) is 0 Å². The fourth-order valence-electron chi connectivity index (χ4n) is 3.85. The number of aryl methyl sites for hydroxylation is 1. The van der Waals surface area contributed by atoms with Crippen LogP contribution < -0.4 is 0 Å². The molecule has 1 aromatic carbocycles. The number of hydrogen-bond donors (Lipinski definition) is 1. The first kappa shape index (κ1) is 18.6. The monoisotopic (exact) mass is 405 g/mol. The van der Waals surface area contributed by atoms with Crippen molar-refractivity contribution in [2.45, 2.75) is 23.8 Å². The van der Waals surface area contributed by atoms with E-state index in [2.05, 4.69) is 17.1 Å². The van der Waals surface area contributed by atoms with Crippen molar-refractivity contribution in [3.63, 3.8) is 0 Å². The summed E-state index contributed by atoms with van der Waals surface area (Å²) in [7, 11) is -1.77. The second-order valence-electron chi connectivity index (χ2n) is 6.93. The van der Waals surface area contributed by atoms with Gasteiger partial charge in [0.2, 0.25) is 10.0 Å². The highest BCUT2D eigenvalue weighted by atomic mass is 32.2. The van der Waals surface area contributed by atoms with Crippen LogP contribution in [-0.2, 0) is 16.4 Å². The number of thioether (sulfide) groups is 1. The number of aromatic amines is 1. The standard InChI is InChI=1S/C19H23N3O3S2/c1-21(18-7-6-14-4-2-3-5-16(14)18)19(23)17-12-15(13-20-17)27(24,25)22-8-10-26-11-9-22/h2-5,12-13,18,20H,6-11H2,1H3. The molecule has 1 saturated heterocycles. The second-order valence-corrected chi connectivity index (χ2v) is 10.1. The van der Waals surface area contributed by atoms with Crippen LogP contribution in [0, 0.1) is 0 Å². The number of amides is 1. The van der Waals surface area contributed by atoms with E-state index in [0.717, 1.165) is 24.3 Å². The quantitative estimate of drug-likeness (QED) is 0.848. The van der Waals surface area contributed by atoms with E-state index in [1.54, 1.807) is 23.7 Å². The molecule has 1 aliphatic carbocycles. The molecule has 27 heavy (non-hydrogen) atoms. The minimum absolute atomic E-state index is 0.0242. The maximum Gasteiger partial charge on any atom is 0.270 e. The van der Waals surface area contributed by atoms with Crippen molar-refractivity contribution >= 4 is 27.7 Å². The van der Waals surface area contributed by atoms with E-state index >= 15 is 0 Å². The van der Waals surface area contributed by atoms with Crippen LogP contribution in [0.25, 0.3) is 0 Å². The van der Waals surface area contributed by atoms with E-state index in [-0.39, 0.29) is 16.8 Å². The molecule has 1 unspecified atom stereocenters. The topological polar surface area (TPSA) is 73.5 Å². The number of fused-ring (bicyclic) bond motifs is 1. The van der Waals surface area contributed by atoms with Gasteiger partial charge in [-0.15, -0.1) is 0 Å². The summed E-state index contributed by atoms with van der Waals surface area (Å²) in [5.41, 5.74) is 2.77. The highest BCUT2D eigenvalue weighted by Crippen LogP contribution is 2.35. The predicted molar refractivity (Wildman–Crippen MR) is 106 cm³/mol. The first-order valence-corrected chi connectivity index (χ1v) is 11.7. The van der Waals surface area contributed by atoms with Crippen molar-refractivity contribution in [1.82, 2.24) is 14.2 Å². The van der Waals surface area contributed by atoms with Gasteiger partial charge in [-0.25, -0.2) is 8.42 Å². The molecule has 8 heteroatoms. The average molecular weight is 406 g/mol. The van der Waals surface area contributed by atoms with Crippen molar-refractivity contribution < 1.29 is 13.2 Å². The maximum absolute atomic E-state index is 12.9. The molecule has 1 aromatic heterocycles. The number of hydrogen-bond acceptors (Lipinski definition) is 4. The molecule has 2 heterocycles. The SMILES string of the molecule is CN(C(=O)c1cc(S(=O)(=O)N2CCSCC2)c[nH]1)C1CCc2ccccc21. The van der Waals surface area contributed by atoms with Gasteiger partial charge >= 0.3 is 0 Å². The van der Waals surface area contributed by atoms with E-state index in [9.17, 15) is 13.2 Å². The van der Waals surface area contributed by atoms with E-state index in [0.29, 0.717) is 18.8 Å². The Kier molecular flexibility index (Phi) is 5.05. The average Bonchev–Trinajstić information content (AvgIpc) is 3.35. The molecule has 2 aliphatic rings. The van der Waals surface area contributed by atoms with Crippen LogP contribution in [0.15, 0.2) is 41.4 Å². The summed E-state index contributed by atoms with van der Waals surface area (Å²) >= 11 is 1.76. The number of nitrogens with one attached hydrogen (secondary N) is 1. The normalized spacial score (nSPS) is 20.4. The molecule has 0 bridgehead atoms. The van der Waals surface area contributed by atoms with Gasteiger partial charge in [-0.2, -0.15) is 16.1 Å². The number of rotatable bonds is 4. The maximum atomic E-state index is 12.9. The molecule has 1 amide bonds. The highest BCUT2D eigenvalue weighted by molar-refractivity contribution is 7.99. The van der Waals surface area contributed by atoms with Gasteiger partial charge in [-0.05, 0) is 30.0 Å². The molecule has 1 atom stereocenters. The van der Waals surface area contributed by atoms with Crippen LogP contribution in [0.4, 0.5) is 0 Å². The fourth-order valence-corrected chi connectivity index (χ4v) is 6.42. The molecule has 1 aliphatic heterocycles. The van der Waals surface area contributed by atoms with Gasteiger partial charge in [0.05, 0.1) is 6.04 Å². The van der Waals surface area contributed by atoms with Gasteiger partial charge in [0, 0.05) is 37.8 Å². The summed E-state index contributed by atoms with van der Waals surface area (Å²) in [4.78, 5) is 17.7. The van der Waals surface area contributed by atoms with Crippen molar-refractivity contribution in [2.75, 3.05) is 31.6 Å². The second kappa shape index (κ2) is 7.33. The van der Waals surface area contributed by atoms with Crippen molar-refractivity contribution in [2.24, 2.45) is 0 Å². The largest absolute Gasteiger partial charge is 0.356 e. The molecule has 0 spiro atoms. The lowest BCUT2D eigenvalue weighted by atomic mass is 10.1. The summed E-state index contributed by atoms with van der Waals surface area (Å²) in [6, 6.07) is 9.67. The van der Waals surface area contributed by atoms with Crippen LogP contribution >= 0.6 is 11.8 Å². The molecular formula is C19H23N3O3S2. The smallest absolute Gasteiger partial charge is 0.270 e. The van der Waals surface area contributed by atoms with E-state index in [1.807, 2.05) is 12.1 Å². The van der Waals surface area contributed by atoms with E-state index in [1.165, 1.54) is 27.7 Å². The first-order chi connectivity index (χ1) is 13.0. The number of nitrogens with zero attached hydrogens (tertiary/aromatic N) is 2. The van der Waals surface area contributed by atoms with Gasteiger partial charge in [0.1, 0.15) is 10.6 Å². The van der Waals surface area contributed by atoms with Gasteiger partial charge in [-0.1, -0.05) is 24.3 Å². The third-order valence-corrected chi connectivity index (χ3v) is 8.20. The number of carbonyl (C=O) groups is 1. The van der Waals surface area contributed by atoms with Crippen molar-refractivity contribution in [3.05, 3.63) is 53.3 Å². The Morgan fingerprint density at radius 3 is 2.78 bits per heavy atom. The summed E-state index contributed by atoms with van der Waals surface area (Å²) in [5, 5.41) is 0. The van der Waals surface area contributed by atoms with Crippen molar-refractivity contribution in [3.8, 4) is 0 Å². The van der Waals surface area contributed by atoms with E-state index in [4.69, 9.17) is 0 Å². The molecule has 6 nitrogen and oxygen atoms in total. The molecule has 1 fully saturated rings. The molecule has 0 radical (unpaired) electrons. The van der Waals surface area contributed by atoms with Gasteiger partial charge in [0.25, 0.3) is 5.91 Å². The summed E-state index contributed by atoms with van der Waals surface area (Å²) in [5.74, 6) is 1.42. The highest BCUT2D eigenvalue weighted by Gasteiger charge is 2.31. The minimum atomic E-state index is -3.55. The third kappa shape index (κ3) is 3.41. The Balaban J connectivity index is 1.54. The summed E-state index contributed by atoms with van der Waals surface area (Å²) in [6.07, 6.45) is 3.27. The fraction of sp³-hybridized carbons (Fsp3) is 0.421. The van der Waals surface area contributed by atoms with Crippen LogP contribution in [0.2, 0.25) is 0 Å². The Morgan fingerprint density at radius 2 is 2.00 bits per heavy atom. The van der Waals surface area contributed by atoms with Gasteiger partial charge in [0.15, 0.2) is 0 Å². The lowest BCUT2D eigenvalue weighted by Gasteiger charge is -2.25. The van der Waals surface area contributed by atoms with Crippen molar-refractivity contribution in [1.29, 1.82) is 0 Å². The van der Waals surface area contributed by atoms with Gasteiger partial charge < -0.3 is 9.88 Å². The first-order valence-electron chi connectivity index (χ1n) is 9.10. The molecule has 144 valence electrons. The van der Waals surface area contributed by atoms with Crippen LogP contribution in [0.5, 0.6) is 0 Å². The number of benzene rings is 1. The zero-order valence-electron chi connectivity index (χ0n) is 15.2. The minimum Gasteiger partial charge on any atom is -0.356 e. The summed E-state index contributed by atoms with van der Waals surface area (Å²) < 4.78 is 27.1. The molecule has 4 rings (SSSR count). The molecule has 1 N–H and O–H groups in total. The Bertz CT molecular complexity index is 949. The Labute approximate surface area is 164 Å². The Hall–Kier alpha value is -1.77. The zero-order chi connectivity index (χ0) is 19.0. The van der Waals surface area contributed by atoms with Gasteiger partial charge in [-0.3, -0.25) is 4.79 Å². The molecular weight excluding hydrogens is 382 g/mol.